The molecular formula is C14H12N2O5S. The molecule has 22 heavy (non-hydrogen) atoms. The molecule has 2 N–H and O–H groups in total. The fraction of sp³-hybridized carbons (Fsp3) is 0.143. The van der Waals surface area contributed by atoms with Crippen LogP contribution in [0.4, 0.5) is 0 Å². The van der Waals surface area contributed by atoms with Gasteiger partial charge in [-0.05, 0) is 30.7 Å². The molecule has 0 aliphatic heterocycles. The Hall–Kier alpha value is -2.63. The van der Waals surface area contributed by atoms with Crippen LogP contribution in [-0.2, 0) is 10.1 Å². The number of rotatable bonds is 3. The van der Waals surface area contributed by atoms with E-state index >= 15 is 0 Å². The van der Waals surface area contributed by atoms with E-state index in [0.29, 0.717) is 11.3 Å². The Balaban J connectivity index is 2.81. The van der Waals surface area contributed by atoms with Crippen molar-refractivity contribution in [1.29, 1.82) is 5.26 Å². The topological polar surface area (TPSA) is 120 Å². The van der Waals surface area contributed by atoms with E-state index in [0.717, 1.165) is 6.07 Å². The van der Waals surface area contributed by atoms with Crippen molar-refractivity contribution in [3.05, 3.63) is 45.9 Å². The number of benzene rings is 1. The minimum atomic E-state index is -4.51. The van der Waals surface area contributed by atoms with E-state index in [2.05, 4.69) is 4.98 Å². The lowest BCUT2D eigenvalue weighted by atomic mass is 10.0. The average molecular weight is 320 g/mol. The van der Waals surface area contributed by atoms with Crippen molar-refractivity contribution in [3.8, 4) is 22.9 Å². The molecule has 0 saturated heterocycles. The standard InChI is InChI=1S/C14H12N2O5S/c1-8-5-10(11(7-15)14(17)16-8)9-3-4-12(21-2)13(6-9)22(18,19)20/h3-6H,1-2H3,(H,16,17)(H,18,19,20). The van der Waals surface area contributed by atoms with Gasteiger partial charge in [0.05, 0.1) is 7.11 Å². The molecule has 7 nitrogen and oxygen atoms in total. The molecule has 0 aliphatic carbocycles. The summed E-state index contributed by atoms with van der Waals surface area (Å²) in [5.41, 5.74) is 0.387. The SMILES string of the molecule is COc1ccc(-c2cc(C)[nH]c(=O)c2C#N)cc1S(=O)(=O)O. The monoisotopic (exact) mass is 320 g/mol. The molecule has 0 saturated carbocycles. The van der Waals surface area contributed by atoms with Crippen LogP contribution in [0, 0.1) is 18.3 Å². The van der Waals surface area contributed by atoms with Gasteiger partial charge in [-0.15, -0.1) is 0 Å². The second-order valence-electron chi connectivity index (χ2n) is 4.52. The lowest BCUT2D eigenvalue weighted by Crippen LogP contribution is -2.13. The van der Waals surface area contributed by atoms with Crippen molar-refractivity contribution in [2.75, 3.05) is 7.11 Å². The van der Waals surface area contributed by atoms with E-state index in [1.54, 1.807) is 19.1 Å². The Morgan fingerprint density at radius 1 is 1.32 bits per heavy atom. The van der Waals surface area contributed by atoms with Gasteiger partial charge in [-0.2, -0.15) is 13.7 Å². The molecule has 1 aromatic carbocycles. The first-order valence-electron chi connectivity index (χ1n) is 6.08. The number of aryl methyl sites for hydroxylation is 1. The molecule has 2 rings (SSSR count). The number of aromatic amines is 1. The Kier molecular flexibility index (Phi) is 4.03. The largest absolute Gasteiger partial charge is 0.495 e. The predicted molar refractivity (Wildman–Crippen MR) is 78.3 cm³/mol. The van der Waals surface area contributed by atoms with E-state index in [9.17, 15) is 17.8 Å². The van der Waals surface area contributed by atoms with Gasteiger partial charge in [-0.25, -0.2) is 0 Å². The summed E-state index contributed by atoms with van der Waals surface area (Å²) in [6.07, 6.45) is 0. The van der Waals surface area contributed by atoms with Crippen molar-refractivity contribution in [1.82, 2.24) is 4.98 Å². The number of hydrogen-bond donors (Lipinski definition) is 2. The van der Waals surface area contributed by atoms with Crippen LogP contribution in [0.1, 0.15) is 11.3 Å². The summed E-state index contributed by atoms with van der Waals surface area (Å²) < 4.78 is 37.0. The Morgan fingerprint density at radius 2 is 2.00 bits per heavy atom. The number of hydrogen-bond acceptors (Lipinski definition) is 5. The van der Waals surface area contributed by atoms with Gasteiger partial charge in [0.2, 0.25) is 0 Å². The first kappa shape index (κ1) is 15.8. The molecule has 0 amide bonds. The maximum absolute atomic E-state index is 11.8. The second kappa shape index (κ2) is 5.63. The van der Waals surface area contributed by atoms with Gasteiger partial charge < -0.3 is 9.72 Å². The number of methoxy groups -OCH3 is 1. The quantitative estimate of drug-likeness (QED) is 0.826. The Morgan fingerprint density at radius 3 is 2.55 bits per heavy atom. The van der Waals surface area contributed by atoms with Crippen molar-refractivity contribution in [2.24, 2.45) is 0 Å². The zero-order valence-electron chi connectivity index (χ0n) is 11.7. The highest BCUT2D eigenvalue weighted by Gasteiger charge is 2.19. The molecule has 0 bridgehead atoms. The van der Waals surface area contributed by atoms with Crippen molar-refractivity contribution < 1.29 is 17.7 Å². The van der Waals surface area contributed by atoms with E-state index in [1.165, 1.54) is 19.2 Å². The summed E-state index contributed by atoms with van der Waals surface area (Å²) in [7, 11) is -3.24. The van der Waals surface area contributed by atoms with Crippen LogP contribution < -0.4 is 10.3 Å². The third-order valence-electron chi connectivity index (χ3n) is 3.03. The van der Waals surface area contributed by atoms with Crippen LogP contribution in [0.5, 0.6) is 5.75 Å². The van der Waals surface area contributed by atoms with E-state index in [1.807, 2.05) is 0 Å². The van der Waals surface area contributed by atoms with Gasteiger partial charge in [0.1, 0.15) is 22.3 Å². The molecule has 0 fully saturated rings. The highest BCUT2D eigenvalue weighted by Crippen LogP contribution is 2.30. The van der Waals surface area contributed by atoms with Crippen LogP contribution in [0.15, 0.2) is 34.0 Å². The smallest absolute Gasteiger partial charge is 0.298 e. The number of ether oxygens (including phenoxy) is 1. The predicted octanol–water partition coefficient (Wildman–Crippen LogP) is 1.48. The summed E-state index contributed by atoms with van der Waals surface area (Å²) in [4.78, 5) is 13.9. The molecule has 114 valence electrons. The van der Waals surface area contributed by atoms with Crippen LogP contribution >= 0.6 is 0 Å². The fourth-order valence-electron chi connectivity index (χ4n) is 2.07. The summed E-state index contributed by atoms with van der Waals surface area (Å²) in [6.45, 7) is 1.64. The number of nitriles is 1. The minimum absolute atomic E-state index is 0.0358. The second-order valence-corrected chi connectivity index (χ2v) is 5.91. The lowest BCUT2D eigenvalue weighted by Gasteiger charge is -2.10. The van der Waals surface area contributed by atoms with Crippen LogP contribution in [-0.4, -0.2) is 25.1 Å². The molecule has 0 radical (unpaired) electrons. The van der Waals surface area contributed by atoms with Crippen LogP contribution in [0.25, 0.3) is 11.1 Å². The van der Waals surface area contributed by atoms with Gasteiger partial charge in [0, 0.05) is 11.3 Å². The third-order valence-corrected chi connectivity index (χ3v) is 3.91. The molecule has 1 aromatic heterocycles. The number of nitrogens with one attached hydrogen (secondary N) is 1. The number of H-pyrrole nitrogens is 1. The minimum Gasteiger partial charge on any atom is -0.495 e. The molecule has 0 unspecified atom stereocenters. The Bertz CT molecular complexity index is 939. The molecule has 0 spiro atoms. The maximum atomic E-state index is 11.8. The maximum Gasteiger partial charge on any atom is 0.298 e. The normalized spacial score (nSPS) is 11.0. The molecule has 0 aliphatic rings. The first-order chi connectivity index (χ1) is 10.3. The van der Waals surface area contributed by atoms with E-state index in [-0.39, 0.29) is 16.9 Å². The number of nitrogens with zero attached hydrogens (tertiary/aromatic N) is 1. The van der Waals surface area contributed by atoms with Crippen molar-refractivity contribution in [3.63, 3.8) is 0 Å². The van der Waals surface area contributed by atoms with Gasteiger partial charge in [-0.3, -0.25) is 9.35 Å². The average Bonchev–Trinajstić information content (AvgIpc) is 2.45. The first-order valence-corrected chi connectivity index (χ1v) is 7.52. The van der Waals surface area contributed by atoms with Gasteiger partial charge in [-0.1, -0.05) is 6.07 Å². The zero-order chi connectivity index (χ0) is 16.5. The summed E-state index contributed by atoms with van der Waals surface area (Å²) in [5, 5.41) is 9.12. The zero-order valence-corrected chi connectivity index (χ0v) is 12.6. The molecule has 1 heterocycles. The highest BCUT2D eigenvalue weighted by atomic mass is 32.2. The van der Waals surface area contributed by atoms with E-state index < -0.39 is 20.6 Å². The van der Waals surface area contributed by atoms with Crippen molar-refractivity contribution in [2.45, 2.75) is 11.8 Å². The third kappa shape index (κ3) is 2.86. The highest BCUT2D eigenvalue weighted by molar-refractivity contribution is 7.86. The van der Waals surface area contributed by atoms with Crippen LogP contribution in [0.3, 0.4) is 0 Å². The summed E-state index contributed by atoms with van der Waals surface area (Å²) in [5.74, 6) is -0.0358. The lowest BCUT2D eigenvalue weighted by molar-refractivity contribution is 0.397. The van der Waals surface area contributed by atoms with Crippen molar-refractivity contribution >= 4 is 10.1 Å². The molecule has 2 aromatic rings. The van der Waals surface area contributed by atoms with Crippen LogP contribution in [0.2, 0.25) is 0 Å². The number of pyridine rings is 1. The molecule has 0 atom stereocenters. The molecule has 8 heteroatoms. The van der Waals surface area contributed by atoms with Gasteiger partial charge >= 0.3 is 0 Å². The summed E-state index contributed by atoms with van der Waals surface area (Å²) >= 11 is 0. The fourth-order valence-corrected chi connectivity index (χ4v) is 2.75. The van der Waals surface area contributed by atoms with Gasteiger partial charge in [0.15, 0.2) is 0 Å². The van der Waals surface area contributed by atoms with E-state index in [4.69, 9.17) is 10.00 Å². The summed E-state index contributed by atoms with van der Waals surface area (Å²) in [6, 6.07) is 7.34. The van der Waals surface area contributed by atoms with Gasteiger partial charge in [0.25, 0.3) is 15.7 Å². The molecular weight excluding hydrogens is 308 g/mol. The Labute approximate surface area is 126 Å². The number of aromatic nitrogens is 1.